The summed E-state index contributed by atoms with van der Waals surface area (Å²) >= 11 is -1.93. The minimum absolute atomic E-state index is 0.269. The van der Waals surface area contributed by atoms with Crippen molar-refractivity contribution in [1.82, 2.24) is 10.2 Å². The van der Waals surface area contributed by atoms with Crippen molar-refractivity contribution in [1.29, 1.82) is 0 Å². The molecule has 0 aromatic carbocycles. The van der Waals surface area contributed by atoms with Crippen molar-refractivity contribution in [3.63, 3.8) is 0 Å². The molecule has 1 heterocycles. The van der Waals surface area contributed by atoms with Crippen LogP contribution >= 0.6 is 0 Å². The fraction of sp³-hybridized carbons (Fsp3) is 0. The quantitative estimate of drug-likeness (QED) is 0.566. The molecule has 1 unspecified atom stereocenters. The summed E-state index contributed by atoms with van der Waals surface area (Å²) in [6.07, 6.45) is 2.61. The summed E-state index contributed by atoms with van der Waals surface area (Å²) in [5, 5.41) is 6.84. The highest BCUT2D eigenvalue weighted by atomic mass is 32.2. The van der Waals surface area contributed by atoms with Gasteiger partial charge in [-0.15, -0.1) is 0 Å². The molecule has 1 aromatic heterocycles. The van der Waals surface area contributed by atoms with Crippen LogP contribution in [0, 0.1) is 0 Å². The summed E-state index contributed by atoms with van der Waals surface area (Å²) in [6, 6.07) is 1.43. The normalized spacial score (nSPS) is 13.0. The number of nitrogens with zero attached hydrogens (tertiary/aromatic N) is 2. The van der Waals surface area contributed by atoms with Crippen molar-refractivity contribution in [3.8, 4) is 0 Å². The Balaban J connectivity index is 2.98. The van der Waals surface area contributed by atoms with E-state index in [1.807, 2.05) is 0 Å². The number of rotatable bonds is 1. The van der Waals surface area contributed by atoms with Gasteiger partial charge in [-0.3, -0.25) is 0 Å². The zero-order chi connectivity index (χ0) is 6.69. The molecule has 0 bridgehead atoms. The molecule has 9 heavy (non-hydrogen) atoms. The Labute approximate surface area is 54.2 Å². The van der Waals surface area contributed by atoms with Crippen molar-refractivity contribution in [2.45, 2.75) is 4.90 Å². The maximum Gasteiger partial charge on any atom is 0.188 e. The molecule has 4 nitrogen and oxygen atoms in total. The van der Waals surface area contributed by atoms with Crippen LogP contribution in [0.3, 0.4) is 0 Å². The van der Waals surface area contributed by atoms with E-state index in [0.29, 0.717) is 0 Å². The third-order valence-corrected chi connectivity index (χ3v) is 1.40. The topological polar surface area (TPSA) is 63.1 Å². The van der Waals surface area contributed by atoms with Crippen LogP contribution in [0.25, 0.3) is 0 Å². The Hall–Kier alpha value is -0.810. The summed E-state index contributed by atoms with van der Waals surface area (Å²) < 4.78 is 18.7. The molecular weight excluding hydrogens is 140 g/mol. The summed E-state index contributed by atoms with van der Waals surface area (Å²) in [7, 11) is 0. The van der Waals surface area contributed by atoms with Gasteiger partial charge in [0.1, 0.15) is 0 Å². The van der Waals surface area contributed by atoms with Crippen molar-refractivity contribution < 1.29 is 8.76 Å². The summed E-state index contributed by atoms with van der Waals surface area (Å²) in [6.45, 7) is 0. The van der Waals surface area contributed by atoms with Crippen molar-refractivity contribution in [2.75, 3.05) is 0 Å². The lowest BCUT2D eigenvalue weighted by Gasteiger charge is -1.87. The summed E-state index contributed by atoms with van der Waals surface area (Å²) in [4.78, 5) is 0.269. The zero-order valence-corrected chi connectivity index (χ0v) is 5.21. The van der Waals surface area contributed by atoms with E-state index in [4.69, 9.17) is 4.55 Å². The molecule has 48 valence electrons. The minimum atomic E-state index is -1.93. The fourth-order valence-electron chi connectivity index (χ4n) is 0.382. The molecule has 0 radical (unpaired) electrons. The van der Waals surface area contributed by atoms with Gasteiger partial charge < -0.3 is 4.55 Å². The molecule has 1 atom stereocenters. The number of aromatic nitrogens is 2. The van der Waals surface area contributed by atoms with Gasteiger partial charge in [0, 0.05) is 0 Å². The first kappa shape index (κ1) is 6.31. The van der Waals surface area contributed by atoms with Crippen LogP contribution in [-0.4, -0.2) is 19.0 Å². The molecular formula is C4H4N2O2S. The number of hydrogen-bond donors (Lipinski definition) is 1. The lowest BCUT2D eigenvalue weighted by Crippen LogP contribution is -1.89. The maximum atomic E-state index is 10.2. The van der Waals surface area contributed by atoms with E-state index < -0.39 is 11.1 Å². The molecule has 1 rings (SSSR count). The van der Waals surface area contributed by atoms with Gasteiger partial charge in [0.25, 0.3) is 0 Å². The number of hydrogen-bond acceptors (Lipinski definition) is 3. The molecule has 0 aliphatic rings. The van der Waals surface area contributed by atoms with Gasteiger partial charge in [0.15, 0.2) is 11.1 Å². The standard InChI is InChI=1S/C4H4N2O2S/c7-9(8)4-1-2-5-6-3-4/h1-3H,(H,7,8). The monoisotopic (exact) mass is 144 g/mol. The van der Waals surface area contributed by atoms with E-state index in [0.717, 1.165) is 0 Å². The second kappa shape index (κ2) is 2.65. The van der Waals surface area contributed by atoms with Crippen LogP contribution in [0.1, 0.15) is 0 Å². The first-order chi connectivity index (χ1) is 4.30. The smallest absolute Gasteiger partial charge is 0.188 e. The van der Waals surface area contributed by atoms with Crippen LogP contribution in [0.2, 0.25) is 0 Å². The molecule has 0 saturated carbocycles. The molecule has 0 amide bonds. The third-order valence-electron chi connectivity index (χ3n) is 0.759. The Morgan fingerprint density at radius 1 is 1.56 bits per heavy atom. The van der Waals surface area contributed by atoms with Crippen LogP contribution in [0.4, 0.5) is 0 Å². The lowest BCUT2D eigenvalue weighted by molar-refractivity contribution is 0.563. The predicted molar refractivity (Wildman–Crippen MR) is 31.1 cm³/mol. The lowest BCUT2D eigenvalue weighted by atomic mass is 10.6. The van der Waals surface area contributed by atoms with Crippen LogP contribution in [0.15, 0.2) is 23.4 Å². The Morgan fingerprint density at radius 3 is 2.67 bits per heavy atom. The highest BCUT2D eigenvalue weighted by Gasteiger charge is 1.95. The maximum absolute atomic E-state index is 10.2. The van der Waals surface area contributed by atoms with Gasteiger partial charge in [-0.2, -0.15) is 10.2 Å². The van der Waals surface area contributed by atoms with Gasteiger partial charge in [0.2, 0.25) is 0 Å². The Morgan fingerprint density at radius 2 is 2.33 bits per heavy atom. The van der Waals surface area contributed by atoms with Crippen LogP contribution < -0.4 is 0 Å². The second-order valence-electron chi connectivity index (χ2n) is 1.33. The van der Waals surface area contributed by atoms with Gasteiger partial charge in [-0.05, 0) is 6.07 Å². The summed E-state index contributed by atoms with van der Waals surface area (Å²) in [5.74, 6) is 0. The van der Waals surface area contributed by atoms with Crippen molar-refractivity contribution >= 4 is 11.1 Å². The third kappa shape index (κ3) is 1.55. The Kier molecular flexibility index (Phi) is 1.86. The molecule has 0 aliphatic carbocycles. The van der Waals surface area contributed by atoms with Gasteiger partial charge in [-0.1, -0.05) is 0 Å². The molecule has 0 spiro atoms. The summed E-state index contributed by atoms with van der Waals surface area (Å²) in [5.41, 5.74) is 0. The van der Waals surface area contributed by atoms with E-state index in [1.54, 1.807) is 0 Å². The molecule has 0 saturated heterocycles. The Bertz CT molecular complexity index is 213. The highest BCUT2D eigenvalue weighted by molar-refractivity contribution is 7.79. The van der Waals surface area contributed by atoms with Gasteiger partial charge >= 0.3 is 0 Å². The van der Waals surface area contributed by atoms with E-state index >= 15 is 0 Å². The van der Waals surface area contributed by atoms with Crippen molar-refractivity contribution in [3.05, 3.63) is 18.5 Å². The van der Waals surface area contributed by atoms with E-state index in [2.05, 4.69) is 10.2 Å². The zero-order valence-electron chi connectivity index (χ0n) is 4.39. The molecule has 0 aliphatic heterocycles. The van der Waals surface area contributed by atoms with Crippen molar-refractivity contribution in [2.24, 2.45) is 0 Å². The van der Waals surface area contributed by atoms with Crippen LogP contribution in [0.5, 0.6) is 0 Å². The first-order valence-electron chi connectivity index (χ1n) is 2.18. The predicted octanol–water partition coefficient (Wildman–Crippen LogP) is 0.0572. The van der Waals surface area contributed by atoms with E-state index in [1.165, 1.54) is 18.5 Å². The van der Waals surface area contributed by atoms with Gasteiger partial charge in [0.05, 0.1) is 17.3 Å². The highest BCUT2D eigenvalue weighted by Crippen LogP contribution is 1.96. The molecule has 5 heteroatoms. The van der Waals surface area contributed by atoms with E-state index in [-0.39, 0.29) is 4.90 Å². The average molecular weight is 144 g/mol. The molecule has 1 N–H and O–H groups in total. The molecule has 1 aromatic rings. The SMILES string of the molecule is O=S(O)c1ccnnc1. The molecule has 0 fully saturated rings. The fourth-order valence-corrected chi connectivity index (χ4v) is 0.696. The van der Waals surface area contributed by atoms with Gasteiger partial charge in [-0.25, -0.2) is 4.21 Å². The van der Waals surface area contributed by atoms with E-state index in [9.17, 15) is 4.21 Å². The second-order valence-corrected chi connectivity index (χ2v) is 2.30. The average Bonchev–Trinajstić information content (AvgIpc) is 1.90. The van der Waals surface area contributed by atoms with Crippen LogP contribution in [-0.2, 0) is 11.1 Å². The largest absolute Gasteiger partial charge is 0.302 e. The minimum Gasteiger partial charge on any atom is -0.302 e. The first-order valence-corrected chi connectivity index (χ1v) is 3.29.